The molecule has 0 aliphatic carbocycles. The van der Waals surface area contributed by atoms with Crippen molar-refractivity contribution in [1.29, 1.82) is 0 Å². The summed E-state index contributed by atoms with van der Waals surface area (Å²) >= 11 is 6.23. The van der Waals surface area contributed by atoms with Crippen LogP contribution in [0.25, 0.3) is 0 Å². The SMILES string of the molecule is C=CCc1cc(CNc2ccc(C)c(Cl)c2)cc(OCC)c1OCc1cccc(F)c1. The van der Waals surface area contributed by atoms with Crippen molar-refractivity contribution in [2.75, 3.05) is 11.9 Å². The van der Waals surface area contributed by atoms with E-state index in [0.29, 0.717) is 31.1 Å². The third-order valence-electron chi connectivity index (χ3n) is 4.80. The molecule has 3 rings (SSSR count). The molecular formula is C26H27ClFNO2. The second-order valence-corrected chi connectivity index (χ2v) is 7.65. The molecule has 3 nitrogen and oxygen atoms in total. The first-order valence-electron chi connectivity index (χ1n) is 10.3. The van der Waals surface area contributed by atoms with Crippen LogP contribution in [0.15, 0.2) is 67.3 Å². The smallest absolute Gasteiger partial charge is 0.165 e. The lowest BCUT2D eigenvalue weighted by molar-refractivity contribution is 0.266. The first-order valence-corrected chi connectivity index (χ1v) is 10.6. The van der Waals surface area contributed by atoms with Crippen molar-refractivity contribution >= 4 is 17.3 Å². The van der Waals surface area contributed by atoms with Crippen molar-refractivity contribution in [2.45, 2.75) is 33.4 Å². The topological polar surface area (TPSA) is 30.5 Å². The molecule has 5 heteroatoms. The molecule has 0 atom stereocenters. The molecule has 0 aliphatic rings. The van der Waals surface area contributed by atoms with E-state index in [4.69, 9.17) is 21.1 Å². The van der Waals surface area contributed by atoms with Crippen LogP contribution in [0.3, 0.4) is 0 Å². The average Bonchev–Trinajstić information content (AvgIpc) is 2.74. The molecular weight excluding hydrogens is 413 g/mol. The number of ether oxygens (including phenoxy) is 2. The Kier molecular flexibility index (Phi) is 7.96. The molecule has 162 valence electrons. The van der Waals surface area contributed by atoms with Gasteiger partial charge in [0.2, 0.25) is 0 Å². The fourth-order valence-corrected chi connectivity index (χ4v) is 3.43. The lowest BCUT2D eigenvalue weighted by atomic mass is 10.0. The van der Waals surface area contributed by atoms with Gasteiger partial charge in [-0.05, 0) is 73.4 Å². The van der Waals surface area contributed by atoms with Crippen molar-refractivity contribution < 1.29 is 13.9 Å². The van der Waals surface area contributed by atoms with E-state index in [1.807, 2.05) is 50.3 Å². The minimum Gasteiger partial charge on any atom is -0.490 e. The molecule has 1 N–H and O–H groups in total. The van der Waals surface area contributed by atoms with Gasteiger partial charge in [-0.3, -0.25) is 0 Å². The molecule has 0 bridgehead atoms. The molecule has 0 heterocycles. The quantitative estimate of drug-likeness (QED) is 0.341. The van der Waals surface area contributed by atoms with E-state index in [1.54, 1.807) is 6.07 Å². The Balaban J connectivity index is 1.83. The molecule has 0 aromatic heterocycles. The van der Waals surface area contributed by atoms with Gasteiger partial charge in [-0.2, -0.15) is 0 Å². The van der Waals surface area contributed by atoms with E-state index < -0.39 is 0 Å². The zero-order valence-electron chi connectivity index (χ0n) is 17.9. The highest BCUT2D eigenvalue weighted by atomic mass is 35.5. The Morgan fingerprint density at radius 1 is 1.06 bits per heavy atom. The molecule has 0 amide bonds. The summed E-state index contributed by atoms with van der Waals surface area (Å²) in [6, 6.07) is 16.4. The first-order chi connectivity index (χ1) is 15.0. The summed E-state index contributed by atoms with van der Waals surface area (Å²) in [7, 11) is 0. The molecule has 0 fully saturated rings. The van der Waals surface area contributed by atoms with E-state index in [1.165, 1.54) is 12.1 Å². The largest absolute Gasteiger partial charge is 0.490 e. The lowest BCUT2D eigenvalue weighted by Crippen LogP contribution is -2.06. The number of nitrogens with one attached hydrogen (secondary N) is 1. The first kappa shape index (κ1) is 22.7. The number of anilines is 1. The third kappa shape index (κ3) is 6.25. The molecule has 3 aromatic carbocycles. The van der Waals surface area contributed by atoms with E-state index in [9.17, 15) is 4.39 Å². The monoisotopic (exact) mass is 439 g/mol. The maximum atomic E-state index is 13.5. The molecule has 0 spiro atoms. The van der Waals surface area contributed by atoms with Crippen molar-refractivity contribution in [3.63, 3.8) is 0 Å². The standard InChI is InChI=1S/C26H27ClFNO2/c1-4-7-21-12-20(16-29-23-11-10-18(3)24(27)15-23)14-25(30-5-2)26(21)31-17-19-8-6-9-22(28)13-19/h4,6,8-15,29H,1,5,7,16-17H2,2-3H3. The maximum Gasteiger partial charge on any atom is 0.165 e. The minimum atomic E-state index is -0.282. The Bertz CT molecular complexity index is 1050. The van der Waals surface area contributed by atoms with Crippen LogP contribution >= 0.6 is 11.6 Å². The maximum absolute atomic E-state index is 13.5. The zero-order valence-corrected chi connectivity index (χ0v) is 18.6. The summed E-state index contributed by atoms with van der Waals surface area (Å²) < 4.78 is 25.5. The van der Waals surface area contributed by atoms with Crippen LogP contribution in [-0.4, -0.2) is 6.61 Å². The van der Waals surface area contributed by atoms with Crippen LogP contribution in [0.5, 0.6) is 11.5 Å². The predicted molar refractivity (Wildman–Crippen MR) is 126 cm³/mol. The molecule has 0 saturated heterocycles. The van der Waals surface area contributed by atoms with Crippen LogP contribution < -0.4 is 14.8 Å². The van der Waals surface area contributed by atoms with Gasteiger partial charge in [0, 0.05) is 22.8 Å². The van der Waals surface area contributed by atoms with Crippen LogP contribution in [-0.2, 0) is 19.6 Å². The normalized spacial score (nSPS) is 10.6. The molecule has 0 unspecified atom stereocenters. The van der Waals surface area contributed by atoms with Crippen molar-refractivity contribution in [3.05, 3.63) is 100 Å². The fraction of sp³-hybridized carbons (Fsp3) is 0.231. The van der Waals surface area contributed by atoms with Crippen molar-refractivity contribution in [3.8, 4) is 11.5 Å². The van der Waals surface area contributed by atoms with Crippen molar-refractivity contribution in [2.24, 2.45) is 0 Å². The van der Waals surface area contributed by atoms with Gasteiger partial charge in [0.25, 0.3) is 0 Å². The van der Waals surface area contributed by atoms with E-state index >= 15 is 0 Å². The van der Waals surface area contributed by atoms with Gasteiger partial charge in [0.15, 0.2) is 11.5 Å². The minimum absolute atomic E-state index is 0.251. The summed E-state index contributed by atoms with van der Waals surface area (Å²) in [6.45, 7) is 9.14. The second-order valence-electron chi connectivity index (χ2n) is 7.24. The lowest BCUT2D eigenvalue weighted by Gasteiger charge is -2.18. The van der Waals surface area contributed by atoms with Gasteiger partial charge < -0.3 is 14.8 Å². The summed E-state index contributed by atoms with van der Waals surface area (Å²) in [6.07, 6.45) is 2.46. The van der Waals surface area contributed by atoms with Gasteiger partial charge in [-0.25, -0.2) is 4.39 Å². The van der Waals surface area contributed by atoms with Crippen LogP contribution in [0.1, 0.15) is 29.2 Å². The Labute approximate surface area is 188 Å². The highest BCUT2D eigenvalue weighted by Crippen LogP contribution is 2.35. The molecule has 0 aliphatic heterocycles. The van der Waals surface area contributed by atoms with Gasteiger partial charge in [0.1, 0.15) is 12.4 Å². The number of hydrogen-bond donors (Lipinski definition) is 1. The Morgan fingerprint density at radius 3 is 2.61 bits per heavy atom. The molecule has 0 radical (unpaired) electrons. The molecule has 31 heavy (non-hydrogen) atoms. The summed E-state index contributed by atoms with van der Waals surface area (Å²) in [5.74, 6) is 1.04. The van der Waals surface area contributed by atoms with Gasteiger partial charge in [-0.15, -0.1) is 6.58 Å². The Morgan fingerprint density at radius 2 is 1.90 bits per heavy atom. The van der Waals surface area contributed by atoms with Gasteiger partial charge >= 0.3 is 0 Å². The number of allylic oxidation sites excluding steroid dienone is 1. The van der Waals surface area contributed by atoms with Crippen molar-refractivity contribution in [1.82, 2.24) is 0 Å². The predicted octanol–water partition coefficient (Wildman–Crippen LogP) is 7.11. The highest BCUT2D eigenvalue weighted by molar-refractivity contribution is 6.31. The average molecular weight is 440 g/mol. The van der Waals surface area contributed by atoms with Crippen LogP contribution in [0.4, 0.5) is 10.1 Å². The fourth-order valence-electron chi connectivity index (χ4n) is 3.25. The van der Waals surface area contributed by atoms with E-state index in [2.05, 4.69) is 18.0 Å². The number of halogens is 2. The molecule has 3 aromatic rings. The third-order valence-corrected chi connectivity index (χ3v) is 5.20. The number of benzene rings is 3. The highest BCUT2D eigenvalue weighted by Gasteiger charge is 2.14. The summed E-state index contributed by atoms with van der Waals surface area (Å²) in [4.78, 5) is 0. The summed E-state index contributed by atoms with van der Waals surface area (Å²) in [5.41, 5.74) is 4.77. The van der Waals surface area contributed by atoms with Gasteiger partial charge in [-0.1, -0.05) is 35.9 Å². The molecule has 0 saturated carbocycles. The van der Waals surface area contributed by atoms with Crippen LogP contribution in [0.2, 0.25) is 5.02 Å². The van der Waals surface area contributed by atoms with E-state index in [-0.39, 0.29) is 12.4 Å². The Hall–Kier alpha value is -2.98. The van der Waals surface area contributed by atoms with Crippen LogP contribution in [0, 0.1) is 12.7 Å². The second kappa shape index (κ2) is 10.9. The van der Waals surface area contributed by atoms with E-state index in [0.717, 1.165) is 33.0 Å². The number of hydrogen-bond acceptors (Lipinski definition) is 3. The number of aryl methyl sites for hydroxylation is 1. The zero-order chi connectivity index (χ0) is 22.2. The van der Waals surface area contributed by atoms with Gasteiger partial charge in [0.05, 0.1) is 6.61 Å². The summed E-state index contributed by atoms with van der Waals surface area (Å²) in [5, 5.41) is 4.13. The number of rotatable bonds is 10.